The van der Waals surface area contributed by atoms with Gasteiger partial charge in [0.15, 0.2) is 17.3 Å². The van der Waals surface area contributed by atoms with Gasteiger partial charge in [-0.25, -0.2) is 4.79 Å². The lowest BCUT2D eigenvalue weighted by Gasteiger charge is -2.15. The van der Waals surface area contributed by atoms with Crippen molar-refractivity contribution in [1.82, 2.24) is 0 Å². The SMILES string of the molecule is CCCc1c(OCCCOc2cccc(C(=O)O)c2O)ccc(C(C)=O)c1O. The molecule has 0 amide bonds. The van der Waals surface area contributed by atoms with Crippen LogP contribution in [0.3, 0.4) is 0 Å². The van der Waals surface area contributed by atoms with Gasteiger partial charge in [-0.1, -0.05) is 19.4 Å². The maximum Gasteiger partial charge on any atom is 0.339 e. The summed E-state index contributed by atoms with van der Waals surface area (Å²) in [6, 6.07) is 7.48. The zero-order valence-corrected chi connectivity index (χ0v) is 15.9. The zero-order chi connectivity index (χ0) is 20.7. The second-order valence-corrected chi connectivity index (χ2v) is 6.25. The number of benzene rings is 2. The Labute approximate surface area is 163 Å². The van der Waals surface area contributed by atoms with E-state index in [4.69, 9.17) is 14.6 Å². The summed E-state index contributed by atoms with van der Waals surface area (Å²) in [6.45, 7) is 3.86. The number of carboxylic acid groups (broad SMARTS) is 1. The molecule has 0 spiro atoms. The number of carbonyl (C=O) groups excluding carboxylic acids is 1. The van der Waals surface area contributed by atoms with E-state index in [1.165, 1.54) is 31.2 Å². The lowest BCUT2D eigenvalue weighted by Crippen LogP contribution is -2.08. The molecule has 7 nitrogen and oxygen atoms in total. The third kappa shape index (κ3) is 4.94. The average Bonchev–Trinajstić information content (AvgIpc) is 2.64. The second-order valence-electron chi connectivity index (χ2n) is 6.25. The summed E-state index contributed by atoms with van der Waals surface area (Å²) in [5.41, 5.74) is 0.648. The number of ketones is 1. The number of aromatic hydroxyl groups is 2. The number of ether oxygens (including phenoxy) is 2. The number of carboxylic acids is 1. The number of phenolic OH excluding ortho intramolecular Hbond substituents is 1. The van der Waals surface area contributed by atoms with Crippen molar-refractivity contribution in [2.75, 3.05) is 13.2 Å². The van der Waals surface area contributed by atoms with Crippen LogP contribution in [0.4, 0.5) is 0 Å². The molecule has 2 aromatic rings. The minimum absolute atomic E-state index is 0.0430. The number of aromatic carboxylic acids is 1. The van der Waals surface area contributed by atoms with E-state index in [0.717, 1.165) is 6.42 Å². The molecule has 0 bridgehead atoms. The maximum atomic E-state index is 11.6. The summed E-state index contributed by atoms with van der Waals surface area (Å²) in [7, 11) is 0. The first-order valence-electron chi connectivity index (χ1n) is 9.03. The van der Waals surface area contributed by atoms with Gasteiger partial charge in [0.2, 0.25) is 0 Å². The van der Waals surface area contributed by atoms with Crippen LogP contribution in [0.2, 0.25) is 0 Å². The summed E-state index contributed by atoms with van der Waals surface area (Å²) >= 11 is 0. The lowest BCUT2D eigenvalue weighted by atomic mass is 10.0. The first-order valence-corrected chi connectivity index (χ1v) is 9.03. The van der Waals surface area contributed by atoms with Crippen LogP contribution >= 0.6 is 0 Å². The van der Waals surface area contributed by atoms with Crippen LogP contribution in [0, 0.1) is 0 Å². The fourth-order valence-corrected chi connectivity index (χ4v) is 2.76. The summed E-state index contributed by atoms with van der Waals surface area (Å²) in [5, 5.41) is 29.2. The van der Waals surface area contributed by atoms with Crippen molar-refractivity contribution in [2.24, 2.45) is 0 Å². The number of hydrogen-bond acceptors (Lipinski definition) is 6. The largest absolute Gasteiger partial charge is 0.507 e. The Balaban J connectivity index is 1.95. The van der Waals surface area contributed by atoms with Gasteiger partial charge in [0.25, 0.3) is 0 Å². The van der Waals surface area contributed by atoms with Gasteiger partial charge in [0.05, 0.1) is 18.8 Å². The molecule has 3 N–H and O–H groups in total. The summed E-state index contributed by atoms with van der Waals surface area (Å²) in [6.07, 6.45) is 1.83. The monoisotopic (exact) mass is 388 g/mol. The Bertz CT molecular complexity index is 858. The van der Waals surface area contributed by atoms with E-state index in [1.54, 1.807) is 6.07 Å². The van der Waals surface area contributed by atoms with Crippen molar-refractivity contribution in [2.45, 2.75) is 33.1 Å². The Morgan fingerprint density at radius 2 is 1.61 bits per heavy atom. The van der Waals surface area contributed by atoms with E-state index in [0.29, 0.717) is 24.2 Å². The number of Topliss-reactive ketones (excluding diaryl/α,β-unsaturated/α-hetero) is 1. The van der Waals surface area contributed by atoms with Crippen molar-refractivity contribution < 1.29 is 34.4 Å². The van der Waals surface area contributed by atoms with Crippen LogP contribution < -0.4 is 9.47 Å². The average molecular weight is 388 g/mol. The minimum Gasteiger partial charge on any atom is -0.507 e. The molecule has 2 aromatic carbocycles. The predicted molar refractivity (Wildman–Crippen MR) is 103 cm³/mol. The molecule has 0 aromatic heterocycles. The molecule has 0 unspecified atom stereocenters. The van der Waals surface area contributed by atoms with Gasteiger partial charge in [0.1, 0.15) is 17.1 Å². The molecule has 28 heavy (non-hydrogen) atoms. The third-order valence-corrected chi connectivity index (χ3v) is 4.15. The Hall–Kier alpha value is -3.22. The van der Waals surface area contributed by atoms with Crippen LogP contribution in [-0.2, 0) is 6.42 Å². The highest BCUT2D eigenvalue weighted by Crippen LogP contribution is 2.33. The van der Waals surface area contributed by atoms with Gasteiger partial charge in [-0.15, -0.1) is 0 Å². The molecule has 0 aliphatic heterocycles. The molecule has 2 rings (SSSR count). The first-order chi connectivity index (χ1) is 13.4. The first kappa shape index (κ1) is 21.1. The van der Waals surface area contributed by atoms with E-state index >= 15 is 0 Å². The Kier molecular flexibility index (Phi) is 7.26. The van der Waals surface area contributed by atoms with Crippen LogP contribution in [0.1, 0.15) is 53.0 Å². The Morgan fingerprint density at radius 1 is 0.929 bits per heavy atom. The predicted octanol–water partition coefficient (Wildman–Crippen LogP) is 3.80. The molecule has 7 heteroatoms. The molecule has 0 fully saturated rings. The summed E-state index contributed by atoms with van der Waals surface area (Å²) < 4.78 is 11.2. The van der Waals surface area contributed by atoms with Crippen molar-refractivity contribution in [3.8, 4) is 23.0 Å². The zero-order valence-electron chi connectivity index (χ0n) is 15.9. The van der Waals surface area contributed by atoms with Crippen LogP contribution in [-0.4, -0.2) is 40.3 Å². The van der Waals surface area contributed by atoms with Crippen LogP contribution in [0.15, 0.2) is 30.3 Å². The van der Waals surface area contributed by atoms with Crippen LogP contribution in [0.5, 0.6) is 23.0 Å². The Morgan fingerprint density at radius 3 is 2.21 bits per heavy atom. The van der Waals surface area contributed by atoms with E-state index in [1.807, 2.05) is 6.92 Å². The number of phenols is 2. The van der Waals surface area contributed by atoms with Gasteiger partial charge in [-0.2, -0.15) is 0 Å². The maximum absolute atomic E-state index is 11.6. The fraction of sp³-hybridized carbons (Fsp3) is 0.333. The molecule has 0 aliphatic rings. The van der Waals surface area contributed by atoms with Gasteiger partial charge in [-0.05, 0) is 37.6 Å². The van der Waals surface area contributed by atoms with E-state index in [9.17, 15) is 19.8 Å². The number of hydrogen-bond donors (Lipinski definition) is 3. The molecule has 0 heterocycles. The van der Waals surface area contributed by atoms with Gasteiger partial charge in [0, 0.05) is 12.0 Å². The topological polar surface area (TPSA) is 113 Å². The quantitative estimate of drug-likeness (QED) is 0.419. The molecular weight excluding hydrogens is 364 g/mol. The number of rotatable bonds is 10. The highest BCUT2D eigenvalue weighted by Gasteiger charge is 2.16. The third-order valence-electron chi connectivity index (χ3n) is 4.15. The van der Waals surface area contributed by atoms with Gasteiger partial charge < -0.3 is 24.8 Å². The molecule has 0 aliphatic carbocycles. The van der Waals surface area contributed by atoms with Crippen molar-refractivity contribution in [3.63, 3.8) is 0 Å². The summed E-state index contributed by atoms with van der Waals surface area (Å²) in [5.74, 6) is -1.29. The highest BCUT2D eigenvalue weighted by atomic mass is 16.5. The normalized spacial score (nSPS) is 10.5. The molecule has 0 saturated heterocycles. The van der Waals surface area contributed by atoms with Crippen molar-refractivity contribution in [3.05, 3.63) is 47.0 Å². The summed E-state index contributed by atoms with van der Waals surface area (Å²) in [4.78, 5) is 22.6. The molecule has 150 valence electrons. The highest BCUT2D eigenvalue weighted by molar-refractivity contribution is 5.97. The van der Waals surface area contributed by atoms with Crippen LogP contribution in [0.25, 0.3) is 0 Å². The number of para-hydroxylation sites is 1. The van der Waals surface area contributed by atoms with E-state index in [2.05, 4.69) is 0 Å². The molecule has 0 atom stereocenters. The van der Waals surface area contributed by atoms with Gasteiger partial charge >= 0.3 is 5.97 Å². The standard InChI is InChI=1S/C21H24O7/c1-3-6-15-17(10-9-14(13(2)22)19(15)23)27-11-5-12-28-18-8-4-7-16(20(18)24)21(25)26/h4,7-10,23-24H,3,5-6,11-12H2,1-2H3,(H,25,26). The minimum atomic E-state index is -1.23. The molecular formula is C21H24O7. The second kappa shape index (κ2) is 9.64. The number of carbonyl (C=O) groups is 2. The fourth-order valence-electron chi connectivity index (χ4n) is 2.76. The lowest BCUT2D eigenvalue weighted by molar-refractivity contribution is 0.0692. The van der Waals surface area contributed by atoms with Crippen molar-refractivity contribution >= 4 is 11.8 Å². The van der Waals surface area contributed by atoms with Gasteiger partial charge in [-0.3, -0.25) is 4.79 Å². The van der Waals surface area contributed by atoms with E-state index in [-0.39, 0.29) is 41.6 Å². The molecule has 0 radical (unpaired) electrons. The van der Waals surface area contributed by atoms with E-state index < -0.39 is 11.7 Å². The molecule has 0 saturated carbocycles. The smallest absolute Gasteiger partial charge is 0.339 e. The van der Waals surface area contributed by atoms with Crippen molar-refractivity contribution in [1.29, 1.82) is 0 Å².